The molecule has 1 amide bonds. The van der Waals surface area contributed by atoms with Crippen molar-refractivity contribution in [3.05, 3.63) is 47.0 Å². The number of amides is 1. The third kappa shape index (κ3) is 5.51. The van der Waals surface area contributed by atoms with Gasteiger partial charge in [-0.05, 0) is 19.1 Å². The number of likely N-dealkylation sites (N-methyl/N-ethyl adjacent to an activating group) is 1. The number of benzene rings is 1. The maximum Gasteiger partial charge on any atom is 0.335 e. The predicted molar refractivity (Wildman–Crippen MR) is 83.1 cm³/mol. The summed E-state index contributed by atoms with van der Waals surface area (Å²) in [5.41, 5.74) is 0.377. The van der Waals surface area contributed by atoms with Crippen LogP contribution in [0, 0.1) is 10.1 Å². The molecule has 0 radical (unpaired) electrons. The van der Waals surface area contributed by atoms with Gasteiger partial charge in [0.1, 0.15) is 0 Å². The Hall–Kier alpha value is -2.74. The Labute approximate surface area is 133 Å². The highest BCUT2D eigenvalue weighted by atomic mass is 16.6. The summed E-state index contributed by atoms with van der Waals surface area (Å²) in [7, 11) is 1.48. The van der Waals surface area contributed by atoms with Gasteiger partial charge in [-0.2, -0.15) is 0 Å². The Morgan fingerprint density at radius 1 is 1.39 bits per heavy atom. The van der Waals surface area contributed by atoms with Gasteiger partial charge in [-0.3, -0.25) is 14.9 Å². The van der Waals surface area contributed by atoms with Crippen LogP contribution < -0.4 is 4.90 Å². The van der Waals surface area contributed by atoms with E-state index in [1.54, 1.807) is 0 Å². The molecule has 0 aromatic heterocycles. The van der Waals surface area contributed by atoms with E-state index in [1.807, 2.05) is 0 Å². The van der Waals surface area contributed by atoms with Crippen molar-refractivity contribution in [3.8, 4) is 0 Å². The molecule has 1 rings (SSSR count). The number of nitro benzene ring substituents is 1. The van der Waals surface area contributed by atoms with Crippen LogP contribution in [0.2, 0.25) is 0 Å². The van der Waals surface area contributed by atoms with Crippen molar-refractivity contribution in [1.29, 1.82) is 0 Å². The fourth-order valence-electron chi connectivity index (χ4n) is 1.57. The minimum Gasteiger partial charge on any atom is -0.454 e. The van der Waals surface area contributed by atoms with Gasteiger partial charge in [-0.1, -0.05) is 6.08 Å². The molecule has 1 unspecified atom stereocenters. The molecule has 1 aromatic carbocycles. The number of nitro groups is 1. The smallest absolute Gasteiger partial charge is 0.335 e. The summed E-state index contributed by atoms with van der Waals surface area (Å²) in [4.78, 5) is 34.9. The summed E-state index contributed by atoms with van der Waals surface area (Å²) < 4.78 is 9.95. The van der Waals surface area contributed by atoms with Crippen molar-refractivity contribution in [3.63, 3.8) is 0 Å². The van der Waals surface area contributed by atoms with Gasteiger partial charge in [0.25, 0.3) is 11.6 Å². The molecule has 0 saturated carbocycles. The quantitative estimate of drug-likeness (QED) is 0.312. The Kier molecular flexibility index (Phi) is 6.88. The maximum absolute atomic E-state index is 12.0. The number of rotatable bonds is 8. The number of ether oxygens (including phenoxy) is 2. The van der Waals surface area contributed by atoms with Gasteiger partial charge in [0.2, 0.25) is 0 Å². The highest BCUT2D eigenvalue weighted by Crippen LogP contribution is 2.18. The Bertz CT molecular complexity index is 584. The molecule has 0 aliphatic rings. The predicted octanol–water partition coefficient (Wildman–Crippen LogP) is 1.69. The lowest BCUT2D eigenvalue weighted by atomic mass is 10.2. The molecule has 8 heteroatoms. The van der Waals surface area contributed by atoms with Gasteiger partial charge in [0, 0.05) is 24.9 Å². The fraction of sp³-hybridized carbons (Fsp3) is 0.333. The fourth-order valence-corrected chi connectivity index (χ4v) is 1.57. The van der Waals surface area contributed by atoms with Crippen LogP contribution in [0.15, 0.2) is 36.9 Å². The highest BCUT2D eigenvalue weighted by Gasteiger charge is 2.18. The van der Waals surface area contributed by atoms with E-state index >= 15 is 0 Å². The zero-order valence-electron chi connectivity index (χ0n) is 12.9. The lowest BCUT2D eigenvalue weighted by Crippen LogP contribution is -2.33. The van der Waals surface area contributed by atoms with Crippen LogP contribution >= 0.6 is 0 Å². The molecule has 0 spiro atoms. The summed E-state index contributed by atoms with van der Waals surface area (Å²) in [6.45, 7) is 4.72. The minimum atomic E-state index is -0.800. The van der Waals surface area contributed by atoms with Gasteiger partial charge < -0.3 is 14.4 Å². The van der Waals surface area contributed by atoms with E-state index in [0.717, 1.165) is 0 Å². The van der Waals surface area contributed by atoms with Gasteiger partial charge in [-0.25, -0.2) is 4.79 Å². The molecule has 0 fully saturated rings. The molecule has 0 heterocycles. The molecular formula is C15H18N2O6. The Morgan fingerprint density at radius 2 is 2.00 bits per heavy atom. The third-order valence-electron chi connectivity index (χ3n) is 2.96. The number of esters is 1. The molecule has 8 nitrogen and oxygen atoms in total. The Morgan fingerprint density at radius 3 is 2.52 bits per heavy atom. The third-order valence-corrected chi connectivity index (χ3v) is 2.96. The molecule has 124 valence electrons. The molecule has 1 aromatic rings. The number of hydrogen-bond donors (Lipinski definition) is 0. The average molecular weight is 322 g/mol. The zero-order chi connectivity index (χ0) is 17.4. The monoisotopic (exact) mass is 322 g/mol. The topological polar surface area (TPSA) is 99.0 Å². The van der Waals surface area contributed by atoms with Crippen LogP contribution in [0.25, 0.3) is 0 Å². The molecule has 0 bridgehead atoms. The summed E-state index contributed by atoms with van der Waals surface area (Å²) in [6.07, 6.45) is 0.697. The van der Waals surface area contributed by atoms with Gasteiger partial charge in [0.05, 0.1) is 11.5 Å². The average Bonchev–Trinajstić information content (AvgIpc) is 2.56. The number of carbonyl (C=O) groups is 2. The first-order valence-corrected chi connectivity index (χ1v) is 6.77. The second-order valence-electron chi connectivity index (χ2n) is 4.60. The number of hydrogen-bond acceptors (Lipinski definition) is 6. The summed E-state index contributed by atoms with van der Waals surface area (Å²) in [5.74, 6) is -1.12. The van der Waals surface area contributed by atoms with Crippen molar-refractivity contribution in [2.75, 3.05) is 25.2 Å². The normalized spacial score (nSPS) is 11.4. The maximum atomic E-state index is 12.0. The van der Waals surface area contributed by atoms with E-state index < -0.39 is 29.5 Å². The van der Waals surface area contributed by atoms with Crippen molar-refractivity contribution in [1.82, 2.24) is 0 Å². The SMILES string of the molecule is C=CCOC(C)C(=O)OCC(=O)N(C)c1ccc([N+](=O)[O-])cc1. The van der Waals surface area contributed by atoms with Crippen LogP contribution in [0.1, 0.15) is 6.92 Å². The first-order chi connectivity index (χ1) is 10.9. The van der Waals surface area contributed by atoms with Crippen LogP contribution in [0.5, 0.6) is 0 Å². The molecule has 0 aliphatic carbocycles. The van der Waals surface area contributed by atoms with Crippen LogP contribution in [0.4, 0.5) is 11.4 Å². The van der Waals surface area contributed by atoms with Crippen molar-refractivity contribution in [2.24, 2.45) is 0 Å². The van der Waals surface area contributed by atoms with E-state index in [-0.39, 0.29) is 12.3 Å². The number of non-ortho nitro benzene ring substituents is 1. The van der Waals surface area contributed by atoms with Gasteiger partial charge in [-0.15, -0.1) is 6.58 Å². The minimum absolute atomic E-state index is 0.0748. The first-order valence-electron chi connectivity index (χ1n) is 6.77. The molecule has 0 saturated heterocycles. The number of anilines is 1. The van der Waals surface area contributed by atoms with Crippen LogP contribution in [-0.2, 0) is 19.1 Å². The second kappa shape index (κ2) is 8.64. The van der Waals surface area contributed by atoms with E-state index in [9.17, 15) is 19.7 Å². The molecule has 1 atom stereocenters. The Balaban J connectivity index is 2.55. The van der Waals surface area contributed by atoms with Crippen LogP contribution in [0.3, 0.4) is 0 Å². The van der Waals surface area contributed by atoms with Gasteiger partial charge >= 0.3 is 5.97 Å². The number of nitrogens with zero attached hydrogens (tertiary/aromatic N) is 2. The standard InChI is InChI=1S/C15H18N2O6/c1-4-9-22-11(2)15(19)23-10-14(18)16(3)12-5-7-13(8-6-12)17(20)21/h4-8,11H,1,9-10H2,2-3H3. The van der Waals surface area contributed by atoms with Crippen molar-refractivity contribution >= 4 is 23.3 Å². The van der Waals surface area contributed by atoms with Gasteiger partial charge in [0.15, 0.2) is 12.7 Å². The first kappa shape index (κ1) is 18.3. The zero-order valence-corrected chi connectivity index (χ0v) is 12.9. The van der Waals surface area contributed by atoms with E-state index in [4.69, 9.17) is 9.47 Å². The number of carbonyl (C=O) groups excluding carboxylic acids is 2. The molecule has 0 aliphatic heterocycles. The second-order valence-corrected chi connectivity index (χ2v) is 4.60. The largest absolute Gasteiger partial charge is 0.454 e. The van der Waals surface area contributed by atoms with E-state index in [1.165, 1.54) is 49.2 Å². The lowest BCUT2D eigenvalue weighted by Gasteiger charge is -2.18. The summed E-state index contributed by atoms with van der Waals surface area (Å²) >= 11 is 0. The molecule has 23 heavy (non-hydrogen) atoms. The van der Waals surface area contributed by atoms with Crippen LogP contribution in [-0.4, -0.2) is 43.2 Å². The van der Waals surface area contributed by atoms with E-state index in [0.29, 0.717) is 5.69 Å². The van der Waals surface area contributed by atoms with Crippen molar-refractivity contribution in [2.45, 2.75) is 13.0 Å². The summed E-state index contributed by atoms with van der Waals surface area (Å²) in [5, 5.41) is 10.6. The summed E-state index contributed by atoms with van der Waals surface area (Å²) in [6, 6.07) is 5.45. The lowest BCUT2D eigenvalue weighted by molar-refractivity contribution is -0.384. The molecule has 0 N–H and O–H groups in total. The highest BCUT2D eigenvalue weighted by molar-refractivity contribution is 5.94. The van der Waals surface area contributed by atoms with Crippen molar-refractivity contribution < 1.29 is 24.0 Å². The van der Waals surface area contributed by atoms with E-state index in [2.05, 4.69) is 6.58 Å². The molecular weight excluding hydrogens is 304 g/mol.